The molecule has 3 N–H and O–H groups in total. The summed E-state index contributed by atoms with van der Waals surface area (Å²) in [6, 6.07) is -0.378. The quantitative estimate of drug-likeness (QED) is 0.406. The number of nitrogens with one attached hydrogen (secondary N) is 3. The monoisotopic (exact) mass is 349 g/mol. The van der Waals surface area contributed by atoms with Gasteiger partial charge in [0.15, 0.2) is 5.96 Å². The van der Waals surface area contributed by atoms with Crippen LogP contribution in [0.3, 0.4) is 0 Å². The van der Waals surface area contributed by atoms with E-state index in [1.54, 1.807) is 0 Å². The first-order valence-corrected chi connectivity index (χ1v) is 9.43. The van der Waals surface area contributed by atoms with Crippen molar-refractivity contribution in [1.82, 2.24) is 20.9 Å². The van der Waals surface area contributed by atoms with Crippen LogP contribution in [0.4, 0.5) is 4.79 Å². The molecular weight excluding hydrogens is 318 g/mol. The number of urea groups is 1. The van der Waals surface area contributed by atoms with Crippen LogP contribution in [0.2, 0.25) is 0 Å². The van der Waals surface area contributed by atoms with Gasteiger partial charge in [0.1, 0.15) is 5.54 Å². The maximum Gasteiger partial charge on any atom is 0.322 e. The Bertz CT molecular complexity index is 580. The zero-order valence-corrected chi connectivity index (χ0v) is 15.8. The van der Waals surface area contributed by atoms with Crippen LogP contribution in [-0.2, 0) is 4.79 Å². The van der Waals surface area contributed by atoms with E-state index in [4.69, 9.17) is 4.99 Å². The van der Waals surface area contributed by atoms with Gasteiger partial charge in [-0.1, -0.05) is 13.8 Å². The Hall–Kier alpha value is -1.79. The van der Waals surface area contributed by atoms with Crippen LogP contribution in [0.15, 0.2) is 4.99 Å². The predicted molar refractivity (Wildman–Crippen MR) is 97.2 cm³/mol. The number of rotatable bonds is 4. The van der Waals surface area contributed by atoms with Crippen LogP contribution in [0.1, 0.15) is 47.0 Å². The Balaban J connectivity index is 1.59. The van der Waals surface area contributed by atoms with Gasteiger partial charge in [0.25, 0.3) is 5.91 Å². The highest BCUT2D eigenvalue weighted by Crippen LogP contribution is 2.51. The summed E-state index contributed by atoms with van der Waals surface area (Å²) < 4.78 is 0. The molecule has 0 radical (unpaired) electrons. The average Bonchev–Trinajstić information content (AvgIpc) is 3.08. The molecule has 140 valence electrons. The number of nitrogens with zero attached hydrogens (tertiary/aromatic N) is 2. The van der Waals surface area contributed by atoms with Crippen molar-refractivity contribution < 1.29 is 9.59 Å². The summed E-state index contributed by atoms with van der Waals surface area (Å²) in [7, 11) is 0. The zero-order chi connectivity index (χ0) is 18.2. The molecule has 0 aromatic carbocycles. The number of imide groups is 1. The molecular formula is C18H31N5O2. The van der Waals surface area contributed by atoms with E-state index in [9.17, 15) is 9.59 Å². The molecule has 7 heteroatoms. The van der Waals surface area contributed by atoms with Gasteiger partial charge in [-0.05, 0) is 50.4 Å². The minimum Gasteiger partial charge on any atom is -0.357 e. The lowest BCUT2D eigenvalue weighted by Crippen LogP contribution is -2.55. The molecule has 7 nitrogen and oxygen atoms in total. The summed E-state index contributed by atoms with van der Waals surface area (Å²) in [6.45, 7) is 12.0. The molecule has 3 amide bonds. The molecule has 2 atom stereocenters. The molecule has 0 bridgehead atoms. The number of piperidine rings is 1. The zero-order valence-electron chi connectivity index (χ0n) is 15.8. The van der Waals surface area contributed by atoms with Gasteiger partial charge in [0.05, 0.1) is 0 Å². The van der Waals surface area contributed by atoms with Crippen LogP contribution in [0.25, 0.3) is 0 Å². The number of hydrogen-bond donors (Lipinski definition) is 3. The number of likely N-dealkylation sites (tertiary alicyclic amines) is 1. The Kier molecular flexibility index (Phi) is 4.68. The number of guanidine groups is 1. The van der Waals surface area contributed by atoms with E-state index in [1.807, 2.05) is 6.92 Å². The second kappa shape index (κ2) is 6.50. The molecule has 3 rings (SSSR count). The first-order valence-electron chi connectivity index (χ1n) is 9.43. The number of aliphatic imine (C=N–C) groups is 1. The van der Waals surface area contributed by atoms with Gasteiger partial charge in [-0.25, -0.2) is 4.79 Å². The fourth-order valence-electron chi connectivity index (χ4n) is 4.02. The van der Waals surface area contributed by atoms with Crippen LogP contribution in [0, 0.1) is 17.3 Å². The van der Waals surface area contributed by atoms with Crippen molar-refractivity contribution in [3.05, 3.63) is 0 Å². The average molecular weight is 349 g/mol. The molecule has 1 saturated carbocycles. The fraction of sp³-hybridized carbons (Fsp3) is 0.833. The number of carbonyl (C=O) groups excluding carboxylic acids is 2. The number of amides is 3. The third kappa shape index (κ3) is 3.60. The molecule has 3 fully saturated rings. The summed E-state index contributed by atoms with van der Waals surface area (Å²) in [4.78, 5) is 30.7. The summed E-state index contributed by atoms with van der Waals surface area (Å²) in [5.41, 5.74) is -0.340. The first kappa shape index (κ1) is 18.0. The fourth-order valence-corrected chi connectivity index (χ4v) is 4.02. The van der Waals surface area contributed by atoms with Crippen LogP contribution in [0.5, 0.6) is 0 Å². The Morgan fingerprint density at radius 2 is 1.92 bits per heavy atom. The number of carbonyl (C=O) groups is 2. The van der Waals surface area contributed by atoms with Crippen molar-refractivity contribution in [1.29, 1.82) is 0 Å². The molecule has 0 aromatic rings. The normalized spacial score (nSPS) is 32.4. The lowest BCUT2D eigenvalue weighted by atomic mass is 9.79. The van der Waals surface area contributed by atoms with Gasteiger partial charge in [-0.2, -0.15) is 0 Å². The van der Waals surface area contributed by atoms with E-state index < -0.39 is 5.54 Å². The molecule has 1 aliphatic carbocycles. The summed E-state index contributed by atoms with van der Waals surface area (Å²) >= 11 is 0. The Morgan fingerprint density at radius 3 is 2.40 bits per heavy atom. The van der Waals surface area contributed by atoms with Crippen molar-refractivity contribution in [2.24, 2.45) is 22.2 Å². The smallest absolute Gasteiger partial charge is 0.322 e. The topological polar surface area (TPSA) is 85.8 Å². The maximum absolute atomic E-state index is 12.1. The van der Waals surface area contributed by atoms with Crippen molar-refractivity contribution in [3.63, 3.8) is 0 Å². The van der Waals surface area contributed by atoms with Crippen molar-refractivity contribution in [3.8, 4) is 0 Å². The van der Waals surface area contributed by atoms with Gasteiger partial charge in [-0.15, -0.1) is 0 Å². The lowest BCUT2D eigenvalue weighted by Gasteiger charge is -2.39. The molecule has 0 spiro atoms. The molecule has 3 aliphatic rings. The maximum atomic E-state index is 12.1. The van der Waals surface area contributed by atoms with Gasteiger partial charge >= 0.3 is 6.03 Å². The largest absolute Gasteiger partial charge is 0.357 e. The van der Waals surface area contributed by atoms with E-state index in [-0.39, 0.29) is 17.9 Å². The third-order valence-corrected chi connectivity index (χ3v) is 6.20. The van der Waals surface area contributed by atoms with E-state index in [0.717, 1.165) is 45.0 Å². The van der Waals surface area contributed by atoms with Crippen LogP contribution in [-0.4, -0.2) is 54.5 Å². The molecule has 25 heavy (non-hydrogen) atoms. The van der Waals surface area contributed by atoms with Crippen LogP contribution < -0.4 is 16.0 Å². The van der Waals surface area contributed by atoms with E-state index in [1.165, 1.54) is 6.42 Å². The van der Waals surface area contributed by atoms with Crippen molar-refractivity contribution in [2.45, 2.75) is 52.5 Å². The highest BCUT2D eigenvalue weighted by Gasteiger charge is 2.49. The minimum absolute atomic E-state index is 0.153. The predicted octanol–water partition coefficient (Wildman–Crippen LogP) is 1.31. The van der Waals surface area contributed by atoms with Gasteiger partial charge in [0, 0.05) is 26.2 Å². The standard InChI is InChI=1S/C18H31N5O2/c1-5-19-15(20-11-13-10-17(13,2)3)23-8-6-12(7-9-23)18(4)14(24)21-16(25)22-18/h12-13H,5-11H2,1-4H3,(H,19,20)(H2,21,22,24,25). The van der Waals surface area contributed by atoms with Crippen molar-refractivity contribution in [2.75, 3.05) is 26.2 Å². The number of hydrogen-bond acceptors (Lipinski definition) is 3. The van der Waals surface area contributed by atoms with E-state index in [2.05, 4.69) is 41.6 Å². The summed E-state index contributed by atoms with van der Waals surface area (Å²) in [5, 5.41) is 8.58. The summed E-state index contributed by atoms with van der Waals surface area (Å²) in [6.07, 6.45) is 2.98. The third-order valence-electron chi connectivity index (χ3n) is 6.20. The molecule has 0 aromatic heterocycles. The SMILES string of the molecule is CCNC(=NCC1CC1(C)C)N1CCC(C2(C)NC(=O)NC2=O)CC1. The highest BCUT2D eigenvalue weighted by molar-refractivity contribution is 6.07. The lowest BCUT2D eigenvalue weighted by molar-refractivity contribution is -0.125. The second-order valence-corrected chi connectivity index (χ2v) is 8.46. The molecule has 2 unspecified atom stereocenters. The van der Waals surface area contributed by atoms with E-state index >= 15 is 0 Å². The van der Waals surface area contributed by atoms with Gasteiger partial charge in [0.2, 0.25) is 0 Å². The van der Waals surface area contributed by atoms with Crippen molar-refractivity contribution >= 4 is 17.9 Å². The first-order chi connectivity index (χ1) is 11.8. The highest BCUT2D eigenvalue weighted by atomic mass is 16.2. The second-order valence-electron chi connectivity index (χ2n) is 8.46. The molecule has 2 heterocycles. The van der Waals surface area contributed by atoms with E-state index in [0.29, 0.717) is 11.3 Å². The van der Waals surface area contributed by atoms with Gasteiger partial charge < -0.3 is 15.5 Å². The van der Waals surface area contributed by atoms with Crippen LogP contribution >= 0.6 is 0 Å². The molecule has 2 aliphatic heterocycles. The molecule has 2 saturated heterocycles. The summed E-state index contributed by atoms with van der Waals surface area (Å²) in [5.74, 6) is 1.62. The Morgan fingerprint density at radius 1 is 1.28 bits per heavy atom. The van der Waals surface area contributed by atoms with Gasteiger partial charge in [-0.3, -0.25) is 15.1 Å². The Labute approximate surface area is 150 Å². The minimum atomic E-state index is -0.781.